The van der Waals surface area contributed by atoms with Crippen molar-refractivity contribution in [2.24, 2.45) is 0 Å². The minimum absolute atomic E-state index is 0.0582. The molecule has 4 heterocycles. The lowest BCUT2D eigenvalue weighted by Gasteiger charge is -2.31. The molecule has 0 radical (unpaired) electrons. The Labute approximate surface area is 163 Å². The molecule has 1 aliphatic heterocycles. The highest BCUT2D eigenvalue weighted by molar-refractivity contribution is 5.75. The normalized spacial score (nSPS) is 15.3. The molecule has 1 amide bonds. The number of nitrogens with zero attached hydrogens (tertiary/aromatic N) is 9. The zero-order valence-electron chi connectivity index (χ0n) is 16.3. The Hall–Kier alpha value is -3.04. The molecule has 1 fully saturated rings. The standard InChI is InChI=1S/C18H25N9O/c1-3-26-16(12-25-11-8-19-14(25)2)22-23-18(26)15-4-9-24(10-5-15)17(28)13-27-20-6-7-21-27/h6-8,11,15H,3-5,9-10,12-13H2,1-2H3. The summed E-state index contributed by atoms with van der Waals surface area (Å²) in [4.78, 5) is 20.0. The number of aromatic nitrogens is 8. The molecule has 0 unspecified atom stereocenters. The number of imidazole rings is 1. The smallest absolute Gasteiger partial charge is 0.246 e. The Morgan fingerprint density at radius 2 is 1.89 bits per heavy atom. The molecule has 10 heteroatoms. The van der Waals surface area contributed by atoms with Crippen LogP contribution in [0.15, 0.2) is 24.8 Å². The number of hydrogen-bond donors (Lipinski definition) is 0. The Balaban J connectivity index is 1.40. The second-order valence-electron chi connectivity index (χ2n) is 7.04. The van der Waals surface area contributed by atoms with Gasteiger partial charge in [0.1, 0.15) is 18.2 Å². The van der Waals surface area contributed by atoms with Crippen LogP contribution in [0, 0.1) is 6.92 Å². The Kier molecular flexibility index (Phi) is 5.18. The van der Waals surface area contributed by atoms with Crippen molar-refractivity contribution in [3.05, 3.63) is 42.3 Å². The first-order valence-corrected chi connectivity index (χ1v) is 9.67. The van der Waals surface area contributed by atoms with Gasteiger partial charge in [-0.15, -0.1) is 10.2 Å². The van der Waals surface area contributed by atoms with Gasteiger partial charge in [-0.25, -0.2) is 4.98 Å². The van der Waals surface area contributed by atoms with Crippen molar-refractivity contribution in [1.82, 2.24) is 44.2 Å². The minimum atomic E-state index is 0.0582. The van der Waals surface area contributed by atoms with Gasteiger partial charge >= 0.3 is 0 Å². The minimum Gasteiger partial charge on any atom is -0.341 e. The van der Waals surface area contributed by atoms with Crippen molar-refractivity contribution in [1.29, 1.82) is 0 Å². The van der Waals surface area contributed by atoms with E-state index in [1.807, 2.05) is 18.0 Å². The van der Waals surface area contributed by atoms with E-state index >= 15 is 0 Å². The van der Waals surface area contributed by atoms with E-state index in [4.69, 9.17) is 0 Å². The summed E-state index contributed by atoms with van der Waals surface area (Å²) in [6.45, 7) is 7.23. The number of aryl methyl sites for hydroxylation is 1. The molecule has 1 saturated heterocycles. The van der Waals surface area contributed by atoms with E-state index in [-0.39, 0.29) is 12.5 Å². The van der Waals surface area contributed by atoms with Crippen molar-refractivity contribution >= 4 is 5.91 Å². The van der Waals surface area contributed by atoms with Gasteiger partial charge in [0, 0.05) is 37.9 Å². The van der Waals surface area contributed by atoms with Crippen molar-refractivity contribution in [3.8, 4) is 0 Å². The summed E-state index contributed by atoms with van der Waals surface area (Å²) < 4.78 is 4.28. The molecule has 1 aliphatic rings. The van der Waals surface area contributed by atoms with E-state index in [1.165, 1.54) is 4.80 Å². The summed E-state index contributed by atoms with van der Waals surface area (Å²) >= 11 is 0. The number of carbonyl (C=O) groups excluding carboxylic acids is 1. The Morgan fingerprint density at radius 3 is 2.54 bits per heavy atom. The molecule has 10 nitrogen and oxygen atoms in total. The van der Waals surface area contributed by atoms with Gasteiger partial charge in [-0.05, 0) is 26.7 Å². The topological polar surface area (TPSA) is 99.6 Å². The largest absolute Gasteiger partial charge is 0.341 e. The van der Waals surface area contributed by atoms with E-state index in [0.717, 1.165) is 49.9 Å². The maximum atomic E-state index is 12.4. The maximum Gasteiger partial charge on any atom is 0.246 e. The molecule has 0 atom stereocenters. The fourth-order valence-electron chi connectivity index (χ4n) is 3.77. The van der Waals surface area contributed by atoms with Gasteiger partial charge in [-0.3, -0.25) is 4.79 Å². The van der Waals surface area contributed by atoms with Gasteiger partial charge in [-0.1, -0.05) is 0 Å². The first kappa shape index (κ1) is 18.3. The van der Waals surface area contributed by atoms with Gasteiger partial charge in [0.2, 0.25) is 5.91 Å². The predicted octanol–water partition coefficient (Wildman–Crippen LogP) is 0.849. The monoisotopic (exact) mass is 383 g/mol. The lowest BCUT2D eigenvalue weighted by atomic mass is 9.95. The summed E-state index contributed by atoms with van der Waals surface area (Å²) in [5.41, 5.74) is 0. The zero-order valence-corrected chi connectivity index (χ0v) is 16.3. The van der Waals surface area contributed by atoms with Crippen molar-refractivity contribution in [2.45, 2.75) is 52.2 Å². The third kappa shape index (κ3) is 3.67. The highest BCUT2D eigenvalue weighted by atomic mass is 16.2. The van der Waals surface area contributed by atoms with Crippen molar-refractivity contribution < 1.29 is 4.79 Å². The number of hydrogen-bond acceptors (Lipinski definition) is 6. The summed E-state index contributed by atoms with van der Waals surface area (Å²) in [7, 11) is 0. The third-order valence-corrected chi connectivity index (χ3v) is 5.36. The van der Waals surface area contributed by atoms with Crippen LogP contribution in [0.2, 0.25) is 0 Å². The van der Waals surface area contributed by atoms with Crippen LogP contribution in [-0.4, -0.2) is 63.2 Å². The second-order valence-corrected chi connectivity index (χ2v) is 7.04. The van der Waals surface area contributed by atoms with Crippen LogP contribution >= 0.6 is 0 Å². The fraction of sp³-hybridized carbons (Fsp3) is 0.556. The highest BCUT2D eigenvalue weighted by Gasteiger charge is 2.28. The van der Waals surface area contributed by atoms with Gasteiger partial charge in [0.15, 0.2) is 5.82 Å². The molecule has 148 valence electrons. The number of piperidine rings is 1. The summed E-state index contributed by atoms with van der Waals surface area (Å²) in [6, 6.07) is 0. The first-order valence-electron chi connectivity index (χ1n) is 9.67. The van der Waals surface area contributed by atoms with Crippen LogP contribution in [0.3, 0.4) is 0 Å². The second kappa shape index (κ2) is 7.91. The van der Waals surface area contributed by atoms with Crippen LogP contribution in [0.5, 0.6) is 0 Å². The summed E-state index contributed by atoms with van der Waals surface area (Å²) in [5, 5.41) is 17.0. The zero-order chi connectivity index (χ0) is 19.5. The lowest BCUT2D eigenvalue weighted by molar-refractivity contribution is -0.133. The van der Waals surface area contributed by atoms with E-state index in [0.29, 0.717) is 12.5 Å². The maximum absolute atomic E-state index is 12.4. The molecule has 4 rings (SSSR count). The molecule has 0 spiro atoms. The van der Waals surface area contributed by atoms with E-state index in [2.05, 4.69) is 41.4 Å². The number of likely N-dealkylation sites (tertiary alicyclic amines) is 1. The number of carbonyl (C=O) groups is 1. The van der Waals surface area contributed by atoms with Crippen molar-refractivity contribution in [2.75, 3.05) is 13.1 Å². The van der Waals surface area contributed by atoms with Crippen LogP contribution < -0.4 is 0 Å². The van der Waals surface area contributed by atoms with Gasteiger partial charge < -0.3 is 14.0 Å². The molecule has 0 aliphatic carbocycles. The van der Waals surface area contributed by atoms with Gasteiger partial charge in [-0.2, -0.15) is 15.0 Å². The SMILES string of the molecule is CCn1c(Cn2ccnc2C)nnc1C1CCN(C(=O)Cn2nccn2)CC1. The lowest BCUT2D eigenvalue weighted by Crippen LogP contribution is -2.40. The van der Waals surface area contributed by atoms with Crippen LogP contribution in [0.4, 0.5) is 0 Å². The van der Waals surface area contributed by atoms with E-state index in [1.54, 1.807) is 18.6 Å². The molecule has 0 bridgehead atoms. The van der Waals surface area contributed by atoms with Gasteiger partial charge in [0.25, 0.3) is 0 Å². The molecular weight excluding hydrogens is 358 g/mol. The van der Waals surface area contributed by atoms with E-state index < -0.39 is 0 Å². The molecule has 0 N–H and O–H groups in total. The highest BCUT2D eigenvalue weighted by Crippen LogP contribution is 2.27. The Morgan fingerprint density at radius 1 is 1.14 bits per heavy atom. The average molecular weight is 383 g/mol. The molecule has 0 saturated carbocycles. The predicted molar refractivity (Wildman–Crippen MR) is 100 cm³/mol. The third-order valence-electron chi connectivity index (χ3n) is 5.36. The van der Waals surface area contributed by atoms with Crippen LogP contribution in [-0.2, 0) is 24.4 Å². The average Bonchev–Trinajstić information content (AvgIpc) is 3.44. The van der Waals surface area contributed by atoms with Crippen molar-refractivity contribution in [3.63, 3.8) is 0 Å². The fourth-order valence-corrected chi connectivity index (χ4v) is 3.77. The van der Waals surface area contributed by atoms with Crippen LogP contribution in [0.1, 0.15) is 43.2 Å². The molecule has 0 aromatic carbocycles. The number of rotatable bonds is 6. The molecular formula is C18H25N9O. The number of amides is 1. The molecule has 3 aromatic heterocycles. The first-order chi connectivity index (χ1) is 13.7. The summed E-state index contributed by atoms with van der Waals surface area (Å²) in [5.74, 6) is 3.31. The molecule has 3 aromatic rings. The van der Waals surface area contributed by atoms with Crippen LogP contribution in [0.25, 0.3) is 0 Å². The van der Waals surface area contributed by atoms with E-state index in [9.17, 15) is 4.79 Å². The summed E-state index contributed by atoms with van der Waals surface area (Å²) in [6.07, 6.45) is 8.71. The quantitative estimate of drug-likeness (QED) is 0.626. The molecule has 28 heavy (non-hydrogen) atoms. The van der Waals surface area contributed by atoms with Gasteiger partial charge in [0.05, 0.1) is 18.9 Å². The Bertz CT molecular complexity index is 919.